The highest BCUT2D eigenvalue weighted by atomic mass is 32.2. The van der Waals surface area contributed by atoms with Crippen LogP contribution in [0.3, 0.4) is 0 Å². The van der Waals surface area contributed by atoms with Gasteiger partial charge in [0.2, 0.25) is 5.95 Å². The van der Waals surface area contributed by atoms with Crippen molar-refractivity contribution >= 4 is 28.8 Å². The van der Waals surface area contributed by atoms with Gasteiger partial charge < -0.3 is 10.8 Å². The third kappa shape index (κ3) is 4.81. The van der Waals surface area contributed by atoms with Crippen molar-refractivity contribution < 1.29 is 14.7 Å². The van der Waals surface area contributed by atoms with E-state index in [0.717, 1.165) is 11.8 Å². The second kappa shape index (κ2) is 6.19. The van der Waals surface area contributed by atoms with Gasteiger partial charge in [-0.25, -0.2) is 9.97 Å². The molecule has 0 saturated heterocycles. The molecule has 0 spiro atoms. The van der Waals surface area contributed by atoms with Crippen LogP contribution in [0.25, 0.3) is 0 Å². The summed E-state index contributed by atoms with van der Waals surface area (Å²) in [5.74, 6) is -1.17. The molecule has 0 fully saturated rings. The molecule has 1 rings (SSSR count). The van der Waals surface area contributed by atoms with Crippen molar-refractivity contribution in [3.8, 4) is 0 Å². The number of carbonyl (C=O) groups excluding carboxylic acids is 1. The maximum Gasteiger partial charge on any atom is 0.307 e. The molecule has 3 N–H and O–H groups in total. The molecule has 0 saturated carbocycles. The number of carboxylic acids is 1. The summed E-state index contributed by atoms with van der Waals surface area (Å²) in [5, 5.41) is 8.92. The summed E-state index contributed by atoms with van der Waals surface area (Å²) in [6.45, 7) is 1.41. The zero-order valence-electron chi connectivity index (χ0n) is 9.29. The molecule has 92 valence electrons. The van der Waals surface area contributed by atoms with Crippen molar-refractivity contribution in [2.45, 2.75) is 13.3 Å². The molecule has 0 aromatic carbocycles. The minimum Gasteiger partial charge on any atom is -0.481 e. The van der Waals surface area contributed by atoms with E-state index in [-0.39, 0.29) is 23.2 Å². The Bertz CT molecular complexity index is 408. The Morgan fingerprint density at radius 2 is 2.06 bits per heavy atom. The molecule has 1 aromatic rings. The van der Waals surface area contributed by atoms with E-state index < -0.39 is 11.9 Å². The third-order valence-electron chi connectivity index (χ3n) is 2.04. The summed E-state index contributed by atoms with van der Waals surface area (Å²) < 4.78 is 0. The topological polar surface area (TPSA) is 106 Å². The Hall–Kier alpha value is -1.63. The Balaban J connectivity index is 2.63. The van der Waals surface area contributed by atoms with Crippen LogP contribution >= 0.6 is 11.8 Å². The number of nitrogens with zero attached hydrogens (tertiary/aromatic N) is 2. The van der Waals surface area contributed by atoms with Gasteiger partial charge in [-0.05, 0) is 12.0 Å². The zero-order chi connectivity index (χ0) is 12.8. The van der Waals surface area contributed by atoms with Crippen LogP contribution < -0.4 is 5.73 Å². The average molecular weight is 255 g/mol. The molecule has 1 heterocycles. The average Bonchev–Trinajstić information content (AvgIpc) is 2.26. The second-order valence-corrected chi connectivity index (χ2v) is 4.69. The monoisotopic (exact) mass is 255 g/mol. The second-order valence-electron chi connectivity index (χ2n) is 3.49. The Morgan fingerprint density at radius 3 is 2.53 bits per heavy atom. The van der Waals surface area contributed by atoms with Crippen LogP contribution in [-0.4, -0.2) is 31.9 Å². The molecule has 0 amide bonds. The fourth-order valence-corrected chi connectivity index (χ4v) is 1.89. The number of nitrogen functional groups attached to an aromatic ring is 1. The quantitative estimate of drug-likeness (QED) is 0.792. The molecule has 1 unspecified atom stereocenters. The van der Waals surface area contributed by atoms with Crippen LogP contribution in [-0.2, 0) is 16.0 Å². The van der Waals surface area contributed by atoms with Crippen LogP contribution in [0.4, 0.5) is 5.95 Å². The smallest absolute Gasteiger partial charge is 0.307 e. The van der Waals surface area contributed by atoms with Gasteiger partial charge in [0.1, 0.15) is 0 Å². The molecule has 17 heavy (non-hydrogen) atoms. The molecule has 0 bridgehead atoms. The minimum absolute atomic E-state index is 0.0928. The lowest BCUT2D eigenvalue weighted by atomic mass is 10.0. The summed E-state index contributed by atoms with van der Waals surface area (Å²) >= 11 is 1.00. The maximum atomic E-state index is 11.0. The number of carboxylic acid groups (broad SMARTS) is 1. The van der Waals surface area contributed by atoms with Gasteiger partial charge in [-0.3, -0.25) is 9.59 Å². The summed E-state index contributed by atoms with van der Waals surface area (Å²) in [5.41, 5.74) is 6.02. The Morgan fingerprint density at radius 1 is 1.47 bits per heavy atom. The maximum absolute atomic E-state index is 11.0. The van der Waals surface area contributed by atoms with Gasteiger partial charge in [0.25, 0.3) is 0 Å². The number of aromatic nitrogens is 2. The van der Waals surface area contributed by atoms with Crippen molar-refractivity contribution in [2.75, 3.05) is 11.5 Å². The molecule has 0 aliphatic heterocycles. The van der Waals surface area contributed by atoms with E-state index in [1.54, 1.807) is 0 Å². The van der Waals surface area contributed by atoms with Crippen molar-refractivity contribution in [1.29, 1.82) is 0 Å². The van der Waals surface area contributed by atoms with Crippen molar-refractivity contribution in [3.63, 3.8) is 0 Å². The molecule has 0 radical (unpaired) electrons. The summed E-state index contributed by atoms with van der Waals surface area (Å²) in [7, 11) is 0. The first-order valence-electron chi connectivity index (χ1n) is 4.91. The highest BCUT2D eigenvalue weighted by Crippen LogP contribution is 2.15. The Kier molecular flexibility index (Phi) is 4.89. The normalized spacial score (nSPS) is 12.1. The number of nitrogens with two attached hydrogens (primary N) is 1. The lowest BCUT2D eigenvalue weighted by Crippen LogP contribution is -2.20. The predicted octanol–water partition coefficient (Wildman–Crippen LogP) is 0.582. The number of anilines is 1. The summed E-state index contributed by atoms with van der Waals surface area (Å²) in [4.78, 5) is 29.4. The van der Waals surface area contributed by atoms with Crippen molar-refractivity contribution in [3.05, 3.63) is 18.0 Å². The molecular formula is C10H13N3O3S. The van der Waals surface area contributed by atoms with Gasteiger partial charge in [-0.15, -0.1) is 0 Å². The number of thioether (sulfide) groups is 1. The Labute approximate surface area is 103 Å². The number of aliphatic carboxylic acids is 1. The van der Waals surface area contributed by atoms with Gasteiger partial charge >= 0.3 is 5.97 Å². The number of hydrogen-bond donors (Lipinski definition) is 2. The summed E-state index contributed by atoms with van der Waals surface area (Å²) in [6, 6.07) is 0. The first kappa shape index (κ1) is 13.4. The van der Waals surface area contributed by atoms with Gasteiger partial charge in [0.05, 0.1) is 5.92 Å². The predicted molar refractivity (Wildman–Crippen MR) is 64.4 cm³/mol. The largest absolute Gasteiger partial charge is 0.481 e. The molecule has 7 heteroatoms. The van der Waals surface area contributed by atoms with Crippen LogP contribution in [0.2, 0.25) is 0 Å². The molecular weight excluding hydrogens is 242 g/mol. The van der Waals surface area contributed by atoms with Crippen LogP contribution in [0.5, 0.6) is 0 Å². The lowest BCUT2D eigenvalue weighted by Gasteiger charge is -2.10. The van der Waals surface area contributed by atoms with E-state index in [9.17, 15) is 9.59 Å². The van der Waals surface area contributed by atoms with Crippen LogP contribution in [0.15, 0.2) is 12.4 Å². The minimum atomic E-state index is -0.935. The molecule has 0 aliphatic carbocycles. The van der Waals surface area contributed by atoms with E-state index in [1.165, 1.54) is 19.3 Å². The number of carbonyl (C=O) groups is 2. The fraction of sp³-hybridized carbons (Fsp3) is 0.400. The third-order valence-corrected chi connectivity index (χ3v) is 3.02. The van der Waals surface area contributed by atoms with E-state index in [2.05, 4.69) is 9.97 Å². The fourth-order valence-electron chi connectivity index (χ4n) is 1.19. The van der Waals surface area contributed by atoms with E-state index in [0.29, 0.717) is 5.56 Å². The van der Waals surface area contributed by atoms with E-state index in [1.807, 2.05) is 0 Å². The highest BCUT2D eigenvalue weighted by Gasteiger charge is 2.19. The van der Waals surface area contributed by atoms with Crippen molar-refractivity contribution in [2.24, 2.45) is 5.92 Å². The van der Waals surface area contributed by atoms with E-state index in [4.69, 9.17) is 10.8 Å². The summed E-state index contributed by atoms with van der Waals surface area (Å²) in [6.07, 6.45) is 3.28. The van der Waals surface area contributed by atoms with E-state index >= 15 is 0 Å². The van der Waals surface area contributed by atoms with Gasteiger partial charge in [0.15, 0.2) is 5.12 Å². The first-order chi connectivity index (χ1) is 7.99. The zero-order valence-corrected chi connectivity index (χ0v) is 10.1. The standard InChI is InChI=1S/C10H13N3O3S/c1-6(14)17-5-8(9(15)16)2-7-3-12-10(11)13-4-7/h3-4,8H,2,5H2,1H3,(H,15,16)(H2,11,12,13). The lowest BCUT2D eigenvalue weighted by molar-refractivity contribution is -0.140. The van der Waals surface area contributed by atoms with Crippen LogP contribution in [0.1, 0.15) is 12.5 Å². The molecule has 0 aliphatic rings. The van der Waals surface area contributed by atoms with Crippen molar-refractivity contribution in [1.82, 2.24) is 9.97 Å². The molecule has 1 atom stereocenters. The number of hydrogen-bond acceptors (Lipinski definition) is 6. The number of rotatable bonds is 5. The highest BCUT2D eigenvalue weighted by molar-refractivity contribution is 8.13. The molecule has 6 nitrogen and oxygen atoms in total. The molecule has 1 aromatic heterocycles. The van der Waals surface area contributed by atoms with Crippen LogP contribution in [0, 0.1) is 5.92 Å². The SMILES string of the molecule is CC(=O)SCC(Cc1cnc(N)nc1)C(=O)O. The van der Waals surface area contributed by atoms with Gasteiger partial charge in [-0.2, -0.15) is 0 Å². The first-order valence-corrected chi connectivity index (χ1v) is 5.90. The van der Waals surface area contributed by atoms with Gasteiger partial charge in [-0.1, -0.05) is 11.8 Å². The van der Waals surface area contributed by atoms with Gasteiger partial charge in [0, 0.05) is 25.1 Å².